The smallest absolute Gasteiger partial charge is 0.328 e. The number of carbonyl (C=O) groups excluding carboxylic acids is 1. The molecule has 3 N–H and O–H groups in total. The van der Waals surface area contributed by atoms with Gasteiger partial charge in [-0.3, -0.25) is 13.9 Å². The standard InChI is InChI=1S/C14H16N4O2S/c1-2-17-7-8-18(14(17)20)9-12(19)16-11-5-3-10(4-6-11)13(15)21/h3-8H,2,9H2,1H3,(H2,15,21)(H,16,19). The number of aromatic nitrogens is 2. The van der Waals surface area contributed by atoms with Crippen LogP contribution < -0.4 is 16.7 Å². The van der Waals surface area contributed by atoms with Gasteiger partial charge in [-0.2, -0.15) is 0 Å². The van der Waals surface area contributed by atoms with Crippen molar-refractivity contribution in [3.05, 3.63) is 52.7 Å². The number of carbonyl (C=O) groups is 1. The van der Waals surface area contributed by atoms with Gasteiger partial charge < -0.3 is 11.1 Å². The fourth-order valence-corrected chi connectivity index (χ4v) is 2.02. The first-order valence-corrected chi connectivity index (χ1v) is 6.87. The van der Waals surface area contributed by atoms with Crippen LogP contribution in [0.2, 0.25) is 0 Å². The number of hydrogen-bond donors (Lipinski definition) is 2. The SMILES string of the molecule is CCn1ccn(CC(=O)Nc2ccc(C(N)=S)cc2)c1=O. The predicted molar refractivity (Wildman–Crippen MR) is 85.3 cm³/mol. The van der Waals surface area contributed by atoms with Crippen LogP contribution in [0, 0.1) is 0 Å². The Morgan fingerprint density at radius 1 is 1.24 bits per heavy atom. The summed E-state index contributed by atoms with van der Waals surface area (Å²) in [6.45, 7) is 2.42. The van der Waals surface area contributed by atoms with E-state index in [1.807, 2.05) is 6.92 Å². The van der Waals surface area contributed by atoms with Gasteiger partial charge in [0.2, 0.25) is 5.91 Å². The second kappa shape index (κ2) is 6.36. The van der Waals surface area contributed by atoms with Crippen molar-refractivity contribution in [2.45, 2.75) is 20.0 Å². The van der Waals surface area contributed by atoms with E-state index in [1.165, 1.54) is 9.13 Å². The first-order valence-electron chi connectivity index (χ1n) is 6.46. The lowest BCUT2D eigenvalue weighted by Gasteiger charge is -2.06. The van der Waals surface area contributed by atoms with Crippen molar-refractivity contribution in [1.29, 1.82) is 0 Å². The van der Waals surface area contributed by atoms with Gasteiger partial charge in [0.05, 0.1) is 0 Å². The Kier molecular flexibility index (Phi) is 4.54. The molecule has 0 unspecified atom stereocenters. The van der Waals surface area contributed by atoms with E-state index in [2.05, 4.69) is 5.32 Å². The Labute approximate surface area is 127 Å². The van der Waals surface area contributed by atoms with Crippen LogP contribution in [0.3, 0.4) is 0 Å². The van der Waals surface area contributed by atoms with E-state index in [4.69, 9.17) is 18.0 Å². The average Bonchev–Trinajstić information content (AvgIpc) is 2.80. The van der Waals surface area contributed by atoms with Crippen LogP contribution in [0.1, 0.15) is 12.5 Å². The Morgan fingerprint density at radius 2 is 1.86 bits per heavy atom. The molecule has 0 atom stereocenters. The van der Waals surface area contributed by atoms with Gasteiger partial charge in [-0.25, -0.2) is 4.79 Å². The number of aryl methyl sites for hydroxylation is 1. The van der Waals surface area contributed by atoms with Crippen LogP contribution >= 0.6 is 12.2 Å². The molecule has 0 bridgehead atoms. The number of amides is 1. The first-order chi connectivity index (χ1) is 10.0. The Balaban J connectivity index is 2.02. The largest absolute Gasteiger partial charge is 0.389 e. The molecule has 0 saturated heterocycles. The van der Waals surface area contributed by atoms with E-state index in [0.717, 1.165) is 5.56 Å². The molecular weight excluding hydrogens is 288 g/mol. The molecule has 7 heteroatoms. The van der Waals surface area contributed by atoms with E-state index in [0.29, 0.717) is 17.2 Å². The number of nitrogens with two attached hydrogens (primary N) is 1. The summed E-state index contributed by atoms with van der Waals surface area (Å²) < 4.78 is 2.90. The zero-order valence-electron chi connectivity index (χ0n) is 11.6. The number of nitrogens with one attached hydrogen (secondary N) is 1. The van der Waals surface area contributed by atoms with Crippen molar-refractivity contribution in [2.75, 3.05) is 5.32 Å². The molecule has 0 spiro atoms. The molecule has 21 heavy (non-hydrogen) atoms. The van der Waals surface area contributed by atoms with Crippen LogP contribution in [0.25, 0.3) is 0 Å². The third-order valence-electron chi connectivity index (χ3n) is 3.03. The average molecular weight is 304 g/mol. The molecule has 2 rings (SSSR count). The van der Waals surface area contributed by atoms with Gasteiger partial charge in [0.25, 0.3) is 0 Å². The normalized spacial score (nSPS) is 10.3. The summed E-state index contributed by atoms with van der Waals surface area (Å²) in [6.07, 6.45) is 3.26. The Morgan fingerprint density at radius 3 is 2.38 bits per heavy atom. The lowest BCUT2D eigenvalue weighted by atomic mass is 10.2. The lowest BCUT2D eigenvalue weighted by Crippen LogP contribution is -2.28. The molecule has 1 aromatic heterocycles. The van der Waals surface area contributed by atoms with E-state index >= 15 is 0 Å². The van der Waals surface area contributed by atoms with Crippen molar-refractivity contribution in [2.24, 2.45) is 5.73 Å². The van der Waals surface area contributed by atoms with E-state index in [1.54, 1.807) is 36.7 Å². The summed E-state index contributed by atoms with van der Waals surface area (Å²) in [6, 6.07) is 6.90. The fourth-order valence-electron chi connectivity index (χ4n) is 1.89. The number of anilines is 1. The minimum absolute atomic E-state index is 0.0249. The minimum atomic E-state index is -0.269. The molecule has 1 amide bonds. The van der Waals surface area contributed by atoms with Crippen LogP contribution in [0.4, 0.5) is 5.69 Å². The maximum atomic E-state index is 11.9. The van der Waals surface area contributed by atoms with E-state index in [-0.39, 0.29) is 18.1 Å². The zero-order valence-corrected chi connectivity index (χ0v) is 12.4. The molecule has 2 aromatic rings. The molecule has 1 heterocycles. The highest BCUT2D eigenvalue weighted by atomic mass is 32.1. The van der Waals surface area contributed by atoms with Gasteiger partial charge in [0.1, 0.15) is 11.5 Å². The lowest BCUT2D eigenvalue weighted by molar-refractivity contribution is -0.116. The van der Waals surface area contributed by atoms with Crippen LogP contribution in [-0.4, -0.2) is 20.0 Å². The Bertz CT molecular complexity index is 715. The van der Waals surface area contributed by atoms with Gasteiger partial charge in [-0.15, -0.1) is 0 Å². The third kappa shape index (κ3) is 3.57. The second-order valence-corrected chi connectivity index (χ2v) is 4.92. The molecular formula is C14H16N4O2S. The van der Waals surface area contributed by atoms with Gasteiger partial charge in [-0.05, 0) is 31.2 Å². The number of hydrogen-bond acceptors (Lipinski definition) is 3. The first kappa shape index (κ1) is 15.0. The number of benzene rings is 1. The monoisotopic (exact) mass is 304 g/mol. The van der Waals surface area contributed by atoms with E-state index < -0.39 is 0 Å². The molecule has 0 aliphatic rings. The number of imidazole rings is 1. The number of rotatable bonds is 5. The summed E-state index contributed by atoms with van der Waals surface area (Å²) in [4.78, 5) is 24.1. The summed E-state index contributed by atoms with van der Waals surface area (Å²) >= 11 is 4.86. The second-order valence-electron chi connectivity index (χ2n) is 4.48. The number of thiocarbonyl (C=S) groups is 1. The van der Waals surface area contributed by atoms with Gasteiger partial charge >= 0.3 is 5.69 Å². The molecule has 0 aliphatic heterocycles. The molecule has 0 radical (unpaired) electrons. The fraction of sp³-hybridized carbons (Fsp3) is 0.214. The van der Waals surface area contributed by atoms with Gasteiger partial charge in [0, 0.05) is 30.2 Å². The summed E-state index contributed by atoms with van der Waals surface area (Å²) in [7, 11) is 0. The molecule has 0 saturated carbocycles. The summed E-state index contributed by atoms with van der Waals surface area (Å²) in [5, 5.41) is 2.72. The van der Waals surface area contributed by atoms with Crippen LogP contribution in [-0.2, 0) is 17.9 Å². The Hall–Kier alpha value is -2.41. The highest BCUT2D eigenvalue weighted by Gasteiger charge is 2.07. The van der Waals surface area contributed by atoms with Crippen molar-refractivity contribution < 1.29 is 4.79 Å². The van der Waals surface area contributed by atoms with Crippen LogP contribution in [0.15, 0.2) is 41.5 Å². The third-order valence-corrected chi connectivity index (χ3v) is 3.26. The predicted octanol–water partition coefficient (Wildman–Crippen LogP) is 0.943. The van der Waals surface area contributed by atoms with Crippen LogP contribution in [0.5, 0.6) is 0 Å². The van der Waals surface area contributed by atoms with E-state index in [9.17, 15) is 9.59 Å². The summed E-state index contributed by atoms with van der Waals surface area (Å²) in [5.74, 6) is -0.269. The quantitative estimate of drug-likeness (QED) is 0.806. The van der Waals surface area contributed by atoms with Gasteiger partial charge in [0.15, 0.2) is 0 Å². The highest BCUT2D eigenvalue weighted by molar-refractivity contribution is 7.80. The zero-order chi connectivity index (χ0) is 15.4. The molecule has 110 valence electrons. The van der Waals surface area contributed by atoms with Crippen molar-refractivity contribution in [3.63, 3.8) is 0 Å². The maximum Gasteiger partial charge on any atom is 0.328 e. The molecule has 6 nitrogen and oxygen atoms in total. The maximum absolute atomic E-state index is 11.9. The number of nitrogens with zero attached hydrogens (tertiary/aromatic N) is 2. The minimum Gasteiger partial charge on any atom is -0.389 e. The van der Waals surface area contributed by atoms with Gasteiger partial charge in [-0.1, -0.05) is 12.2 Å². The topological polar surface area (TPSA) is 82.1 Å². The van der Waals surface area contributed by atoms with Crippen molar-refractivity contribution in [3.8, 4) is 0 Å². The highest BCUT2D eigenvalue weighted by Crippen LogP contribution is 2.09. The summed E-state index contributed by atoms with van der Waals surface area (Å²) in [5.41, 5.74) is 6.67. The van der Waals surface area contributed by atoms with Crippen molar-refractivity contribution in [1.82, 2.24) is 9.13 Å². The molecule has 0 aliphatic carbocycles. The molecule has 1 aromatic carbocycles. The van der Waals surface area contributed by atoms with Crippen molar-refractivity contribution >= 4 is 28.8 Å². The molecule has 0 fully saturated rings.